The number of hydrogen-bond acceptors (Lipinski definition) is 5. The van der Waals surface area contributed by atoms with Crippen molar-refractivity contribution in [2.45, 2.75) is 50.9 Å². The summed E-state index contributed by atoms with van der Waals surface area (Å²) in [6, 6.07) is 1.02. The first-order valence-corrected chi connectivity index (χ1v) is 7.29. The van der Waals surface area contributed by atoms with Crippen LogP contribution in [-0.4, -0.2) is 39.1 Å². The maximum Gasteiger partial charge on any atom is 0.321 e. The van der Waals surface area contributed by atoms with Crippen LogP contribution in [0.15, 0.2) is 0 Å². The lowest BCUT2D eigenvalue weighted by molar-refractivity contribution is -0.139. The fraction of sp³-hybridized carbons (Fsp3) is 0.769. The van der Waals surface area contributed by atoms with Crippen molar-refractivity contribution in [3.05, 3.63) is 0 Å². The summed E-state index contributed by atoms with van der Waals surface area (Å²) in [5, 5.41) is 20.7. The second-order valence-corrected chi connectivity index (χ2v) is 7.35. The van der Waals surface area contributed by atoms with Crippen LogP contribution in [0.25, 0.3) is 0 Å². The number of aliphatic carboxylic acids is 1. The Morgan fingerprint density at radius 1 is 1.40 bits per heavy atom. The van der Waals surface area contributed by atoms with Gasteiger partial charge in [-0.05, 0) is 26.7 Å². The van der Waals surface area contributed by atoms with Crippen LogP contribution in [-0.2, 0) is 9.59 Å². The molecular weight excluding hydrogens is 278 g/mol. The molecule has 20 heavy (non-hydrogen) atoms. The van der Waals surface area contributed by atoms with E-state index < -0.39 is 22.3 Å². The van der Waals surface area contributed by atoms with Crippen LogP contribution < -0.4 is 11.1 Å². The highest BCUT2D eigenvalue weighted by molar-refractivity contribution is 8.01. The van der Waals surface area contributed by atoms with Crippen molar-refractivity contribution in [1.29, 1.82) is 5.26 Å². The van der Waals surface area contributed by atoms with Crippen molar-refractivity contribution < 1.29 is 14.7 Å². The Morgan fingerprint density at radius 3 is 2.25 bits per heavy atom. The molecule has 0 aliphatic carbocycles. The van der Waals surface area contributed by atoms with Crippen molar-refractivity contribution >= 4 is 23.6 Å². The lowest BCUT2D eigenvalue weighted by Gasteiger charge is -2.30. The standard InChI is InChI=1S/C13H23N3O3S/c1-8(2)13(5,7-14)16-9(17)6-20-12(3,4)10(15)11(18)19/h8,10H,6,15H2,1-5H3,(H,16,17)(H,18,19)/t10-,13?/m0/s1. The molecule has 0 saturated carbocycles. The molecule has 0 aliphatic heterocycles. The molecule has 0 saturated heterocycles. The van der Waals surface area contributed by atoms with Gasteiger partial charge in [0.1, 0.15) is 11.6 Å². The Hall–Kier alpha value is -1.26. The van der Waals surface area contributed by atoms with E-state index in [0.717, 1.165) is 11.8 Å². The van der Waals surface area contributed by atoms with Gasteiger partial charge in [-0.25, -0.2) is 0 Å². The van der Waals surface area contributed by atoms with Crippen LogP contribution in [0.3, 0.4) is 0 Å². The number of nitrogens with zero attached hydrogens (tertiary/aromatic N) is 1. The first kappa shape index (κ1) is 18.7. The van der Waals surface area contributed by atoms with E-state index in [2.05, 4.69) is 11.4 Å². The van der Waals surface area contributed by atoms with Crippen LogP contribution in [0.2, 0.25) is 0 Å². The predicted molar refractivity (Wildman–Crippen MR) is 79.1 cm³/mol. The second kappa shape index (κ2) is 6.95. The van der Waals surface area contributed by atoms with Crippen LogP contribution >= 0.6 is 11.8 Å². The summed E-state index contributed by atoms with van der Waals surface area (Å²) in [6.45, 7) is 8.71. The lowest BCUT2D eigenvalue weighted by Crippen LogP contribution is -2.51. The first-order chi connectivity index (χ1) is 8.96. The van der Waals surface area contributed by atoms with Gasteiger partial charge in [0, 0.05) is 4.75 Å². The number of nitrogens with two attached hydrogens (primary N) is 1. The molecule has 2 atom stereocenters. The Labute approximate surface area is 124 Å². The quantitative estimate of drug-likeness (QED) is 0.645. The zero-order chi connectivity index (χ0) is 16.1. The number of carboxylic acids is 1. The van der Waals surface area contributed by atoms with Gasteiger partial charge >= 0.3 is 5.97 Å². The van der Waals surface area contributed by atoms with E-state index in [9.17, 15) is 9.59 Å². The molecule has 0 rings (SSSR count). The Bertz CT molecular complexity index is 418. The minimum Gasteiger partial charge on any atom is -0.480 e. The fourth-order valence-electron chi connectivity index (χ4n) is 1.27. The van der Waals surface area contributed by atoms with E-state index in [1.54, 1.807) is 20.8 Å². The summed E-state index contributed by atoms with van der Waals surface area (Å²) in [4.78, 5) is 22.8. The normalized spacial score (nSPS) is 16.1. The molecule has 0 heterocycles. The highest BCUT2D eigenvalue weighted by Gasteiger charge is 2.34. The number of carbonyl (C=O) groups is 2. The van der Waals surface area contributed by atoms with Gasteiger partial charge in [-0.3, -0.25) is 9.59 Å². The third-order valence-electron chi connectivity index (χ3n) is 3.38. The summed E-state index contributed by atoms with van der Waals surface area (Å²) >= 11 is 1.16. The third-order valence-corrected chi connectivity index (χ3v) is 4.78. The van der Waals surface area contributed by atoms with E-state index >= 15 is 0 Å². The van der Waals surface area contributed by atoms with Gasteiger partial charge in [-0.15, -0.1) is 11.8 Å². The van der Waals surface area contributed by atoms with Crippen molar-refractivity contribution in [3.63, 3.8) is 0 Å². The SMILES string of the molecule is CC(C)C(C)(C#N)NC(=O)CSC(C)(C)[C@@H](N)C(=O)O. The summed E-state index contributed by atoms with van der Waals surface area (Å²) in [5.74, 6) is -1.39. The largest absolute Gasteiger partial charge is 0.480 e. The number of carboxylic acid groups (broad SMARTS) is 1. The van der Waals surface area contributed by atoms with E-state index in [1.165, 1.54) is 0 Å². The predicted octanol–water partition coefficient (Wildman–Crippen LogP) is 0.965. The molecule has 0 bridgehead atoms. The van der Waals surface area contributed by atoms with Gasteiger partial charge in [0.2, 0.25) is 5.91 Å². The molecule has 1 amide bonds. The molecule has 4 N–H and O–H groups in total. The molecule has 0 spiro atoms. The van der Waals surface area contributed by atoms with Gasteiger partial charge in [0.05, 0.1) is 11.8 Å². The monoisotopic (exact) mass is 301 g/mol. The Morgan fingerprint density at radius 2 is 1.90 bits per heavy atom. The van der Waals surface area contributed by atoms with Crippen LogP contribution in [0.1, 0.15) is 34.6 Å². The number of amides is 1. The van der Waals surface area contributed by atoms with Crippen LogP contribution in [0, 0.1) is 17.2 Å². The number of nitriles is 1. The van der Waals surface area contributed by atoms with Crippen molar-refractivity contribution in [2.75, 3.05) is 5.75 Å². The molecular formula is C13H23N3O3S. The molecule has 0 fully saturated rings. The molecule has 0 aromatic carbocycles. The molecule has 6 nitrogen and oxygen atoms in total. The molecule has 114 valence electrons. The number of thioether (sulfide) groups is 1. The molecule has 0 aliphatic rings. The van der Waals surface area contributed by atoms with Crippen molar-refractivity contribution in [3.8, 4) is 6.07 Å². The number of rotatable bonds is 7. The highest BCUT2D eigenvalue weighted by Crippen LogP contribution is 2.27. The summed E-state index contributed by atoms with van der Waals surface area (Å²) in [5.41, 5.74) is 4.64. The summed E-state index contributed by atoms with van der Waals surface area (Å²) in [6.07, 6.45) is 0. The van der Waals surface area contributed by atoms with Gasteiger partial charge in [0.15, 0.2) is 0 Å². The maximum absolute atomic E-state index is 11.9. The van der Waals surface area contributed by atoms with Gasteiger partial charge < -0.3 is 16.2 Å². The first-order valence-electron chi connectivity index (χ1n) is 6.31. The van der Waals surface area contributed by atoms with Crippen molar-refractivity contribution in [2.24, 2.45) is 11.7 Å². The molecule has 0 aromatic rings. The van der Waals surface area contributed by atoms with Gasteiger partial charge in [0.25, 0.3) is 0 Å². The average molecular weight is 301 g/mol. The molecule has 0 radical (unpaired) electrons. The summed E-state index contributed by atoms with van der Waals surface area (Å²) < 4.78 is -0.774. The number of hydrogen-bond donors (Lipinski definition) is 3. The third kappa shape index (κ3) is 5.02. The topological polar surface area (TPSA) is 116 Å². The Kier molecular flexibility index (Phi) is 6.51. The smallest absolute Gasteiger partial charge is 0.321 e. The molecule has 1 unspecified atom stereocenters. The minimum absolute atomic E-state index is 0.0317. The molecule has 0 aromatic heterocycles. The van der Waals surface area contributed by atoms with E-state index in [0.29, 0.717) is 0 Å². The second-order valence-electron chi connectivity index (χ2n) is 5.73. The van der Waals surface area contributed by atoms with E-state index in [4.69, 9.17) is 16.1 Å². The number of carbonyl (C=O) groups excluding carboxylic acids is 1. The zero-order valence-corrected chi connectivity index (χ0v) is 13.4. The minimum atomic E-state index is -1.10. The average Bonchev–Trinajstić information content (AvgIpc) is 2.35. The van der Waals surface area contributed by atoms with E-state index in [1.807, 2.05) is 13.8 Å². The van der Waals surface area contributed by atoms with Gasteiger partial charge in [-0.1, -0.05) is 13.8 Å². The van der Waals surface area contributed by atoms with Gasteiger partial charge in [-0.2, -0.15) is 5.26 Å². The Balaban J connectivity index is 4.59. The zero-order valence-electron chi connectivity index (χ0n) is 12.6. The molecule has 7 heteroatoms. The van der Waals surface area contributed by atoms with Crippen LogP contribution in [0.5, 0.6) is 0 Å². The maximum atomic E-state index is 11.9. The van der Waals surface area contributed by atoms with Crippen molar-refractivity contribution in [1.82, 2.24) is 5.32 Å². The highest BCUT2D eigenvalue weighted by atomic mass is 32.2. The summed E-state index contributed by atoms with van der Waals surface area (Å²) in [7, 11) is 0. The lowest BCUT2D eigenvalue weighted by atomic mass is 9.90. The van der Waals surface area contributed by atoms with E-state index in [-0.39, 0.29) is 17.6 Å². The number of nitrogens with one attached hydrogen (secondary N) is 1. The fourth-order valence-corrected chi connectivity index (χ4v) is 2.12. The van der Waals surface area contributed by atoms with Crippen LogP contribution in [0.4, 0.5) is 0 Å².